The van der Waals surface area contributed by atoms with Gasteiger partial charge in [-0.25, -0.2) is 0 Å². The van der Waals surface area contributed by atoms with E-state index in [9.17, 15) is 4.79 Å². The number of hydrogen-bond acceptors (Lipinski definition) is 7. The molecule has 0 bridgehead atoms. The fourth-order valence-corrected chi connectivity index (χ4v) is 4.17. The number of ether oxygens (including phenoxy) is 1. The van der Waals surface area contributed by atoms with Gasteiger partial charge in [-0.05, 0) is 30.4 Å². The molecule has 4 heterocycles. The molecule has 5 rings (SSSR count). The highest BCUT2D eigenvalue weighted by atomic mass is 16.5. The van der Waals surface area contributed by atoms with E-state index in [0.29, 0.717) is 18.2 Å². The van der Waals surface area contributed by atoms with E-state index in [4.69, 9.17) is 4.74 Å². The lowest BCUT2D eigenvalue weighted by molar-refractivity contribution is -0.127. The van der Waals surface area contributed by atoms with E-state index in [1.807, 2.05) is 12.1 Å². The maximum absolute atomic E-state index is 12.7. The van der Waals surface area contributed by atoms with Gasteiger partial charge in [0.15, 0.2) is 0 Å². The zero-order chi connectivity index (χ0) is 19.6. The summed E-state index contributed by atoms with van der Waals surface area (Å²) in [6, 6.07) is 4.51. The average molecular weight is 389 g/mol. The van der Waals surface area contributed by atoms with Crippen LogP contribution in [0.1, 0.15) is 18.5 Å². The van der Waals surface area contributed by atoms with Crippen molar-refractivity contribution in [3.63, 3.8) is 0 Å². The Kier molecular flexibility index (Phi) is 4.99. The zero-order valence-electron chi connectivity index (χ0n) is 16.2. The number of aromatic nitrogens is 4. The van der Waals surface area contributed by atoms with E-state index in [2.05, 4.69) is 24.8 Å². The third kappa shape index (κ3) is 3.88. The molecule has 7 heteroatoms. The standard InChI is InChI=1S/C22H23N5O2/c28-22(16-8-19(9-16)27-3-5-29-6-4-27)11-18-7-15-10-20(21-14-23-1-2-24-21)26-13-17(15)12-25-18/h1-2,7,10,12-14,16,19H,3-6,8-9,11H2. The third-order valence-electron chi connectivity index (χ3n) is 5.97. The predicted molar refractivity (Wildman–Crippen MR) is 108 cm³/mol. The fraction of sp³-hybridized carbons (Fsp3) is 0.409. The maximum Gasteiger partial charge on any atom is 0.142 e. The maximum atomic E-state index is 12.7. The summed E-state index contributed by atoms with van der Waals surface area (Å²) in [6.07, 6.45) is 10.9. The van der Waals surface area contributed by atoms with Crippen LogP contribution in [0.4, 0.5) is 0 Å². The molecule has 7 nitrogen and oxygen atoms in total. The highest BCUT2D eigenvalue weighted by molar-refractivity contribution is 5.87. The summed E-state index contributed by atoms with van der Waals surface area (Å²) in [5.41, 5.74) is 2.31. The Morgan fingerprint density at radius 2 is 1.79 bits per heavy atom. The van der Waals surface area contributed by atoms with Crippen molar-refractivity contribution in [2.75, 3.05) is 26.3 Å². The second kappa shape index (κ2) is 7.93. The Hall–Kier alpha value is -2.77. The van der Waals surface area contributed by atoms with Crippen LogP contribution in [0.5, 0.6) is 0 Å². The van der Waals surface area contributed by atoms with Crippen LogP contribution in [-0.2, 0) is 16.0 Å². The first-order chi connectivity index (χ1) is 14.3. The van der Waals surface area contributed by atoms with Gasteiger partial charge in [-0.2, -0.15) is 0 Å². The third-order valence-corrected chi connectivity index (χ3v) is 5.97. The monoisotopic (exact) mass is 389 g/mol. The Morgan fingerprint density at radius 3 is 2.59 bits per heavy atom. The van der Waals surface area contributed by atoms with Crippen molar-refractivity contribution in [2.45, 2.75) is 25.3 Å². The highest BCUT2D eigenvalue weighted by Gasteiger charge is 2.37. The molecule has 148 valence electrons. The van der Waals surface area contributed by atoms with Crippen molar-refractivity contribution in [3.8, 4) is 11.4 Å². The summed E-state index contributed by atoms with van der Waals surface area (Å²) in [7, 11) is 0. The molecule has 2 aliphatic rings. The van der Waals surface area contributed by atoms with Crippen LogP contribution in [-0.4, -0.2) is 63.0 Å². The van der Waals surface area contributed by atoms with E-state index in [1.54, 1.807) is 31.0 Å². The van der Waals surface area contributed by atoms with Crippen LogP contribution in [0.15, 0.2) is 43.1 Å². The summed E-state index contributed by atoms with van der Waals surface area (Å²) in [4.78, 5) is 32.5. The molecule has 0 N–H and O–H groups in total. The van der Waals surface area contributed by atoms with Gasteiger partial charge in [0.2, 0.25) is 0 Å². The molecule has 0 amide bonds. The zero-order valence-corrected chi connectivity index (χ0v) is 16.2. The first kappa shape index (κ1) is 18.3. The molecule has 2 fully saturated rings. The van der Waals surface area contributed by atoms with Crippen molar-refractivity contribution in [3.05, 3.63) is 48.8 Å². The van der Waals surface area contributed by atoms with Gasteiger partial charge in [0.1, 0.15) is 11.5 Å². The number of hydrogen-bond donors (Lipinski definition) is 0. The van der Waals surface area contributed by atoms with Crippen molar-refractivity contribution >= 4 is 16.6 Å². The quantitative estimate of drug-likeness (QED) is 0.662. The minimum Gasteiger partial charge on any atom is -0.379 e. The van der Waals surface area contributed by atoms with Gasteiger partial charge in [0.25, 0.3) is 0 Å². The number of Topliss-reactive ketones (excluding diaryl/α,β-unsaturated/α-hetero) is 1. The minimum atomic E-state index is 0.160. The summed E-state index contributed by atoms with van der Waals surface area (Å²) < 4.78 is 5.41. The smallest absolute Gasteiger partial charge is 0.142 e. The van der Waals surface area contributed by atoms with Crippen LogP contribution in [0.2, 0.25) is 0 Å². The molecule has 0 aromatic carbocycles. The van der Waals surface area contributed by atoms with Gasteiger partial charge in [-0.1, -0.05) is 0 Å². The lowest BCUT2D eigenvalue weighted by atomic mass is 9.75. The number of ketones is 1. The largest absolute Gasteiger partial charge is 0.379 e. The van der Waals surface area contributed by atoms with Crippen molar-refractivity contribution < 1.29 is 9.53 Å². The first-order valence-electron chi connectivity index (χ1n) is 10.1. The average Bonchev–Trinajstić information content (AvgIpc) is 2.73. The molecular formula is C22H23N5O2. The number of morpholine rings is 1. The Morgan fingerprint density at radius 1 is 0.966 bits per heavy atom. The summed E-state index contributed by atoms with van der Waals surface area (Å²) in [6.45, 7) is 3.59. The topological polar surface area (TPSA) is 81.1 Å². The SMILES string of the molecule is O=C(Cc1cc2cc(-c3cnccn3)ncc2cn1)C1CC(N2CCOCC2)C1. The van der Waals surface area contributed by atoms with E-state index in [-0.39, 0.29) is 5.92 Å². The molecule has 0 radical (unpaired) electrons. The van der Waals surface area contributed by atoms with E-state index in [1.165, 1.54) is 0 Å². The van der Waals surface area contributed by atoms with E-state index >= 15 is 0 Å². The molecular weight excluding hydrogens is 366 g/mol. The van der Waals surface area contributed by atoms with Gasteiger partial charge in [0.05, 0.1) is 25.1 Å². The summed E-state index contributed by atoms with van der Waals surface area (Å²) in [5, 5.41) is 1.96. The number of carbonyl (C=O) groups is 1. The van der Waals surface area contributed by atoms with Gasteiger partial charge in [-0.15, -0.1) is 0 Å². The minimum absolute atomic E-state index is 0.160. The van der Waals surface area contributed by atoms with Crippen LogP contribution in [0, 0.1) is 5.92 Å². The second-order valence-electron chi connectivity index (χ2n) is 7.80. The molecule has 0 atom stereocenters. The van der Waals surface area contributed by atoms with Crippen molar-refractivity contribution in [1.82, 2.24) is 24.8 Å². The highest BCUT2D eigenvalue weighted by Crippen LogP contribution is 2.33. The Balaban J connectivity index is 1.26. The predicted octanol–water partition coefficient (Wildman–Crippen LogP) is 2.31. The van der Waals surface area contributed by atoms with Crippen LogP contribution >= 0.6 is 0 Å². The van der Waals surface area contributed by atoms with E-state index in [0.717, 1.165) is 67.0 Å². The number of rotatable bonds is 5. The van der Waals surface area contributed by atoms with Crippen molar-refractivity contribution in [1.29, 1.82) is 0 Å². The van der Waals surface area contributed by atoms with Crippen LogP contribution in [0.25, 0.3) is 22.2 Å². The fourth-order valence-electron chi connectivity index (χ4n) is 4.17. The molecule has 3 aromatic rings. The molecule has 1 aliphatic heterocycles. The molecule has 1 aliphatic carbocycles. The summed E-state index contributed by atoms with van der Waals surface area (Å²) in [5.74, 6) is 0.456. The van der Waals surface area contributed by atoms with Gasteiger partial charge >= 0.3 is 0 Å². The molecule has 0 unspecified atom stereocenters. The second-order valence-corrected chi connectivity index (χ2v) is 7.80. The number of nitrogens with zero attached hydrogens (tertiary/aromatic N) is 5. The Bertz CT molecular complexity index is 1010. The Labute approximate surface area is 169 Å². The normalized spacial score (nSPS) is 22.3. The molecule has 0 spiro atoms. The van der Waals surface area contributed by atoms with Crippen LogP contribution < -0.4 is 0 Å². The lowest BCUT2D eigenvalue weighted by Crippen LogP contribution is -2.51. The number of carbonyl (C=O) groups excluding carboxylic acids is 1. The first-order valence-corrected chi connectivity index (χ1v) is 10.1. The number of pyridine rings is 2. The lowest BCUT2D eigenvalue weighted by Gasteiger charge is -2.43. The molecule has 3 aromatic heterocycles. The van der Waals surface area contributed by atoms with Crippen molar-refractivity contribution in [2.24, 2.45) is 5.92 Å². The molecule has 1 saturated heterocycles. The van der Waals surface area contributed by atoms with Gasteiger partial charge in [-0.3, -0.25) is 29.6 Å². The van der Waals surface area contributed by atoms with Gasteiger partial charge < -0.3 is 4.74 Å². The molecule has 29 heavy (non-hydrogen) atoms. The van der Waals surface area contributed by atoms with E-state index < -0.39 is 0 Å². The van der Waals surface area contributed by atoms with Crippen LogP contribution in [0.3, 0.4) is 0 Å². The summed E-state index contributed by atoms with van der Waals surface area (Å²) >= 11 is 0. The molecule has 1 saturated carbocycles. The van der Waals surface area contributed by atoms with Gasteiger partial charge in [0, 0.05) is 67.3 Å². The number of fused-ring (bicyclic) bond motifs is 1.